The Balaban J connectivity index is 2.33. The van der Waals surface area contributed by atoms with E-state index in [1.807, 2.05) is 36.4 Å². The van der Waals surface area contributed by atoms with E-state index in [0.29, 0.717) is 6.54 Å². The second kappa shape index (κ2) is 14.6. The second-order valence-electron chi connectivity index (χ2n) is 9.21. The third-order valence-electron chi connectivity index (χ3n) is 6.68. The molecule has 3 heteroatoms. The Hall–Kier alpha value is -1.55. The summed E-state index contributed by atoms with van der Waals surface area (Å²) in [7, 11) is 0. The predicted molar refractivity (Wildman–Crippen MR) is 142 cm³/mol. The monoisotopic (exact) mass is 541 g/mol. The minimum atomic E-state index is -2.60. The molecule has 0 bridgehead atoms. The number of hydrogen-bond donors (Lipinski definition) is 0. The molecule has 2 rings (SSSR count). The van der Waals surface area contributed by atoms with Gasteiger partial charge < -0.3 is 0 Å². The number of unbranched alkanes of at least 4 members (excludes halogenated alkanes) is 3. The molecule has 0 aromatic heterocycles. The summed E-state index contributed by atoms with van der Waals surface area (Å²) in [5.41, 5.74) is 1.95. The number of nitrogens with zero attached hydrogens (tertiary/aromatic N) is 1. The molecule has 0 atom stereocenters. The van der Waals surface area contributed by atoms with Crippen molar-refractivity contribution < 1.29 is 4.79 Å². The summed E-state index contributed by atoms with van der Waals surface area (Å²) in [4.78, 5) is 15.6. The average Bonchev–Trinajstić information content (AvgIpc) is 2.84. The van der Waals surface area contributed by atoms with Crippen LogP contribution in [-0.2, 0) is 6.54 Å². The van der Waals surface area contributed by atoms with Crippen LogP contribution in [0.25, 0.3) is 0 Å². The van der Waals surface area contributed by atoms with Crippen molar-refractivity contribution in [2.24, 2.45) is 0 Å². The summed E-state index contributed by atoms with van der Waals surface area (Å²) in [6.45, 7) is 13.0. The van der Waals surface area contributed by atoms with Crippen molar-refractivity contribution in [2.75, 3.05) is 6.54 Å². The minimum absolute atomic E-state index is 0.122. The van der Waals surface area contributed by atoms with Crippen molar-refractivity contribution in [3.8, 4) is 0 Å². The molecule has 0 aliphatic carbocycles. The van der Waals surface area contributed by atoms with Gasteiger partial charge in [-0.25, -0.2) is 0 Å². The van der Waals surface area contributed by atoms with Crippen LogP contribution in [0.15, 0.2) is 70.8 Å². The summed E-state index contributed by atoms with van der Waals surface area (Å²) >= 11 is -2.60. The fourth-order valence-electron chi connectivity index (χ4n) is 4.62. The summed E-state index contributed by atoms with van der Waals surface area (Å²) in [6, 6.07) is 20.1. The van der Waals surface area contributed by atoms with Crippen molar-refractivity contribution in [3.05, 3.63) is 82.0 Å². The molecule has 2 aromatic carbocycles. The van der Waals surface area contributed by atoms with Gasteiger partial charge in [-0.2, -0.15) is 0 Å². The van der Waals surface area contributed by atoms with E-state index < -0.39 is 18.4 Å². The molecule has 0 aliphatic rings. The first-order chi connectivity index (χ1) is 15.6. The molecule has 0 N–H and O–H groups in total. The summed E-state index contributed by atoms with van der Waals surface area (Å²) in [5.74, 6) is 0.122. The van der Waals surface area contributed by atoms with Crippen LogP contribution in [0.1, 0.15) is 75.2 Å². The van der Waals surface area contributed by atoms with Crippen LogP contribution in [0.4, 0.5) is 0 Å². The SMILES string of the molecule is C=[C](CN(Cc1ccccc1)C(=O)c1ccccc1)[Sn]([CH2]CCC)([CH2]CCC)[CH2]CCC. The molecule has 0 saturated heterocycles. The quantitative estimate of drug-likeness (QED) is 0.208. The van der Waals surface area contributed by atoms with E-state index in [9.17, 15) is 4.79 Å². The second-order valence-corrected chi connectivity index (χ2v) is 22.8. The van der Waals surface area contributed by atoms with Gasteiger partial charge in [-0.3, -0.25) is 0 Å². The van der Waals surface area contributed by atoms with Gasteiger partial charge in [0.25, 0.3) is 0 Å². The van der Waals surface area contributed by atoms with Crippen LogP contribution in [0, 0.1) is 0 Å². The molecule has 0 aliphatic heterocycles. The van der Waals surface area contributed by atoms with Gasteiger partial charge in [0.2, 0.25) is 0 Å². The van der Waals surface area contributed by atoms with Crippen LogP contribution in [0.3, 0.4) is 0 Å². The molecule has 0 radical (unpaired) electrons. The Morgan fingerprint density at radius 2 is 1.25 bits per heavy atom. The zero-order chi connectivity index (χ0) is 23.2. The van der Waals surface area contributed by atoms with E-state index in [1.54, 1.807) is 0 Å². The van der Waals surface area contributed by atoms with Crippen LogP contribution in [0.2, 0.25) is 13.3 Å². The number of rotatable bonds is 15. The molecule has 0 fully saturated rings. The number of carbonyl (C=O) groups is 1. The molecular formula is C29H43NOSn. The van der Waals surface area contributed by atoms with E-state index in [4.69, 9.17) is 6.58 Å². The standard InChI is InChI=1S/C17H16NO.3C4H9.Sn/c1-2-13-18(14-15-9-5-3-6-10-15)17(19)16-11-7-4-8-12-16;3*1-3-4-2;/h3-12H,1,13-14H2;3*1,3-4H2,2H3;. The molecule has 1 amide bonds. The van der Waals surface area contributed by atoms with Crippen molar-refractivity contribution in [2.45, 2.75) is 79.2 Å². The van der Waals surface area contributed by atoms with Crippen LogP contribution < -0.4 is 0 Å². The van der Waals surface area contributed by atoms with Gasteiger partial charge in [0.05, 0.1) is 0 Å². The van der Waals surface area contributed by atoms with Gasteiger partial charge in [0, 0.05) is 0 Å². The van der Waals surface area contributed by atoms with Gasteiger partial charge in [0.1, 0.15) is 0 Å². The molecule has 174 valence electrons. The van der Waals surface area contributed by atoms with E-state index in [1.165, 1.54) is 61.0 Å². The van der Waals surface area contributed by atoms with Gasteiger partial charge in [0.15, 0.2) is 0 Å². The zero-order valence-electron chi connectivity index (χ0n) is 20.6. The molecule has 0 heterocycles. The summed E-state index contributed by atoms with van der Waals surface area (Å²) < 4.78 is 5.63. The van der Waals surface area contributed by atoms with Gasteiger partial charge >= 0.3 is 202 Å². The fraction of sp³-hybridized carbons (Fsp3) is 0.483. The van der Waals surface area contributed by atoms with E-state index >= 15 is 0 Å². The van der Waals surface area contributed by atoms with Crippen molar-refractivity contribution in [1.29, 1.82) is 0 Å². The van der Waals surface area contributed by atoms with E-state index in [-0.39, 0.29) is 5.91 Å². The number of carbonyl (C=O) groups excluding carboxylic acids is 1. The Morgan fingerprint density at radius 1 is 0.781 bits per heavy atom. The topological polar surface area (TPSA) is 20.3 Å². The molecule has 0 spiro atoms. The normalized spacial score (nSPS) is 11.3. The Morgan fingerprint density at radius 3 is 1.72 bits per heavy atom. The van der Waals surface area contributed by atoms with Gasteiger partial charge in [-0.1, -0.05) is 0 Å². The molecular weight excluding hydrogens is 497 g/mol. The van der Waals surface area contributed by atoms with Gasteiger partial charge in [-0.15, -0.1) is 0 Å². The Labute approximate surface area is 201 Å². The molecule has 32 heavy (non-hydrogen) atoms. The number of benzene rings is 2. The third-order valence-corrected chi connectivity index (χ3v) is 22.6. The predicted octanol–water partition coefficient (Wildman–Crippen LogP) is 8.27. The van der Waals surface area contributed by atoms with Crippen molar-refractivity contribution in [1.82, 2.24) is 4.90 Å². The van der Waals surface area contributed by atoms with Crippen LogP contribution in [-0.4, -0.2) is 35.7 Å². The summed E-state index contributed by atoms with van der Waals surface area (Å²) in [5, 5.41) is 0. The fourth-order valence-corrected chi connectivity index (χ4v) is 20.1. The first kappa shape index (κ1) is 26.7. The average molecular weight is 540 g/mol. The maximum absolute atomic E-state index is 13.6. The van der Waals surface area contributed by atoms with Crippen LogP contribution >= 0.6 is 0 Å². The number of hydrogen-bond acceptors (Lipinski definition) is 1. The van der Waals surface area contributed by atoms with Gasteiger partial charge in [-0.05, 0) is 0 Å². The zero-order valence-corrected chi connectivity index (χ0v) is 23.5. The van der Waals surface area contributed by atoms with Crippen molar-refractivity contribution >= 4 is 24.3 Å². The maximum atomic E-state index is 13.6. The molecule has 2 aromatic rings. The molecule has 0 saturated carbocycles. The first-order valence-corrected chi connectivity index (χ1v) is 20.1. The van der Waals surface area contributed by atoms with Crippen LogP contribution in [0.5, 0.6) is 0 Å². The molecule has 0 unspecified atom stereocenters. The van der Waals surface area contributed by atoms with E-state index in [2.05, 4.69) is 49.9 Å². The Kier molecular flexibility index (Phi) is 12.2. The Bertz CT molecular complexity index is 781. The van der Waals surface area contributed by atoms with Crippen molar-refractivity contribution in [3.63, 3.8) is 0 Å². The number of amides is 1. The third kappa shape index (κ3) is 8.10. The molecule has 2 nitrogen and oxygen atoms in total. The first-order valence-electron chi connectivity index (χ1n) is 12.6. The van der Waals surface area contributed by atoms with E-state index in [0.717, 1.165) is 12.1 Å². The summed E-state index contributed by atoms with van der Waals surface area (Å²) in [6.07, 6.45) is 7.69.